The summed E-state index contributed by atoms with van der Waals surface area (Å²) in [5.41, 5.74) is -0.307. The Morgan fingerprint density at radius 1 is 1.64 bits per heavy atom. The van der Waals surface area contributed by atoms with E-state index in [1.54, 1.807) is 11.8 Å². The molecule has 1 aliphatic rings. The van der Waals surface area contributed by atoms with Gasteiger partial charge in [-0.25, -0.2) is 0 Å². The number of hydrogen-bond donors (Lipinski definition) is 1. The molecule has 1 fully saturated rings. The Labute approximate surface area is 83.9 Å². The molecule has 0 aromatic carbocycles. The van der Waals surface area contributed by atoms with E-state index >= 15 is 0 Å². The summed E-state index contributed by atoms with van der Waals surface area (Å²) in [7, 11) is 0. The molecule has 14 heavy (non-hydrogen) atoms. The number of carboxylic acids is 1. The summed E-state index contributed by atoms with van der Waals surface area (Å²) in [6.45, 7) is 6.45. The Bertz CT molecular complexity index is 260. The first-order chi connectivity index (χ1) is 6.34. The van der Waals surface area contributed by atoms with E-state index in [-0.39, 0.29) is 11.3 Å². The van der Waals surface area contributed by atoms with Crippen molar-refractivity contribution >= 4 is 11.9 Å². The summed E-state index contributed by atoms with van der Waals surface area (Å²) >= 11 is 0. The smallest absolute Gasteiger partial charge is 0.308 e. The number of nitrogens with zero attached hydrogens (tertiary/aromatic N) is 1. The van der Waals surface area contributed by atoms with Crippen molar-refractivity contribution in [3.63, 3.8) is 0 Å². The van der Waals surface area contributed by atoms with E-state index in [9.17, 15) is 9.59 Å². The van der Waals surface area contributed by atoms with Crippen molar-refractivity contribution in [2.24, 2.45) is 11.3 Å². The SMILES string of the molecule is CC(CN1CCC(C)(C)C1=O)C(=O)O. The minimum atomic E-state index is -0.845. The molecule has 0 aliphatic carbocycles. The topological polar surface area (TPSA) is 57.6 Å². The lowest BCUT2D eigenvalue weighted by Crippen LogP contribution is -2.36. The van der Waals surface area contributed by atoms with Gasteiger partial charge in [0.25, 0.3) is 0 Å². The lowest BCUT2D eigenvalue weighted by atomic mass is 9.92. The molecule has 1 unspecified atom stereocenters. The zero-order valence-electron chi connectivity index (χ0n) is 8.91. The van der Waals surface area contributed by atoms with E-state index in [1.807, 2.05) is 13.8 Å². The first kappa shape index (κ1) is 11.0. The quantitative estimate of drug-likeness (QED) is 0.736. The zero-order chi connectivity index (χ0) is 10.9. The molecule has 1 saturated heterocycles. The molecule has 1 aliphatic heterocycles. The Hall–Kier alpha value is -1.06. The molecule has 0 spiro atoms. The van der Waals surface area contributed by atoms with Crippen LogP contribution in [-0.4, -0.2) is 35.0 Å². The van der Waals surface area contributed by atoms with Crippen molar-refractivity contribution in [2.75, 3.05) is 13.1 Å². The highest BCUT2D eigenvalue weighted by molar-refractivity contribution is 5.84. The fourth-order valence-electron chi connectivity index (χ4n) is 1.63. The Kier molecular flexibility index (Phi) is 2.83. The molecule has 4 heteroatoms. The molecule has 0 aromatic heterocycles. The molecule has 4 nitrogen and oxygen atoms in total. The minimum Gasteiger partial charge on any atom is -0.481 e. The van der Waals surface area contributed by atoms with Crippen LogP contribution in [0.2, 0.25) is 0 Å². The fourth-order valence-corrected chi connectivity index (χ4v) is 1.63. The molecule has 0 radical (unpaired) electrons. The zero-order valence-corrected chi connectivity index (χ0v) is 8.91. The first-order valence-electron chi connectivity index (χ1n) is 4.87. The summed E-state index contributed by atoms with van der Waals surface area (Å²) in [5.74, 6) is -1.25. The molecule has 1 rings (SSSR count). The maximum Gasteiger partial charge on any atom is 0.308 e. The lowest BCUT2D eigenvalue weighted by molar-refractivity contribution is -0.143. The number of carbonyl (C=O) groups is 2. The standard InChI is InChI=1S/C10H17NO3/c1-7(8(12)13)6-11-5-4-10(2,3)9(11)14/h7H,4-6H2,1-3H3,(H,12,13). The van der Waals surface area contributed by atoms with Crippen molar-refractivity contribution in [3.05, 3.63) is 0 Å². The number of aliphatic carboxylic acids is 1. The second kappa shape index (κ2) is 3.59. The molecular weight excluding hydrogens is 182 g/mol. The van der Waals surface area contributed by atoms with Gasteiger partial charge in [0.05, 0.1) is 5.92 Å². The van der Waals surface area contributed by atoms with Gasteiger partial charge in [-0.3, -0.25) is 9.59 Å². The van der Waals surface area contributed by atoms with Gasteiger partial charge in [0.1, 0.15) is 0 Å². The van der Waals surface area contributed by atoms with Crippen molar-refractivity contribution < 1.29 is 14.7 Å². The number of rotatable bonds is 3. The molecule has 0 saturated carbocycles. The molecule has 80 valence electrons. The first-order valence-corrected chi connectivity index (χ1v) is 4.87. The number of likely N-dealkylation sites (tertiary alicyclic amines) is 1. The van der Waals surface area contributed by atoms with Crippen LogP contribution in [0.3, 0.4) is 0 Å². The lowest BCUT2D eigenvalue weighted by Gasteiger charge is -2.21. The second-order valence-electron chi connectivity index (χ2n) is 4.62. The maximum absolute atomic E-state index is 11.7. The van der Waals surface area contributed by atoms with Gasteiger partial charge < -0.3 is 10.0 Å². The van der Waals surface area contributed by atoms with Gasteiger partial charge in [0, 0.05) is 18.5 Å². The average molecular weight is 199 g/mol. The number of carbonyl (C=O) groups excluding carboxylic acids is 1. The average Bonchev–Trinajstić information content (AvgIpc) is 2.32. The van der Waals surface area contributed by atoms with Gasteiger partial charge in [-0.2, -0.15) is 0 Å². The van der Waals surface area contributed by atoms with Crippen LogP contribution in [0.25, 0.3) is 0 Å². The van der Waals surface area contributed by atoms with Gasteiger partial charge in [-0.15, -0.1) is 0 Å². The normalized spacial score (nSPS) is 22.5. The van der Waals surface area contributed by atoms with Crippen LogP contribution in [0.1, 0.15) is 27.2 Å². The fraction of sp³-hybridized carbons (Fsp3) is 0.800. The molecule has 1 amide bonds. The van der Waals surface area contributed by atoms with Crippen molar-refractivity contribution in [1.29, 1.82) is 0 Å². The predicted octanol–water partition coefficient (Wildman–Crippen LogP) is 0.966. The monoisotopic (exact) mass is 199 g/mol. The third-order valence-corrected chi connectivity index (χ3v) is 2.79. The van der Waals surface area contributed by atoms with Gasteiger partial charge in [0.2, 0.25) is 5.91 Å². The highest BCUT2D eigenvalue weighted by atomic mass is 16.4. The van der Waals surface area contributed by atoms with Gasteiger partial charge in [-0.1, -0.05) is 20.8 Å². The van der Waals surface area contributed by atoms with Crippen LogP contribution < -0.4 is 0 Å². The van der Waals surface area contributed by atoms with E-state index in [0.717, 1.165) is 6.42 Å². The summed E-state index contributed by atoms with van der Waals surface area (Å²) in [5, 5.41) is 8.72. The molecule has 0 aromatic rings. The molecule has 0 bridgehead atoms. The Morgan fingerprint density at radius 3 is 2.57 bits per heavy atom. The number of hydrogen-bond acceptors (Lipinski definition) is 2. The highest BCUT2D eigenvalue weighted by Crippen LogP contribution is 2.30. The Morgan fingerprint density at radius 2 is 2.21 bits per heavy atom. The second-order valence-corrected chi connectivity index (χ2v) is 4.62. The minimum absolute atomic E-state index is 0.0746. The third kappa shape index (κ3) is 2.05. The van der Waals surface area contributed by atoms with Crippen LogP contribution in [0.4, 0.5) is 0 Å². The molecule has 1 atom stereocenters. The summed E-state index contributed by atoms with van der Waals surface area (Å²) < 4.78 is 0. The van der Waals surface area contributed by atoms with Crippen LogP contribution in [0.15, 0.2) is 0 Å². The highest BCUT2D eigenvalue weighted by Gasteiger charge is 2.39. The van der Waals surface area contributed by atoms with Gasteiger partial charge in [-0.05, 0) is 6.42 Å². The van der Waals surface area contributed by atoms with E-state index in [0.29, 0.717) is 13.1 Å². The number of carboxylic acid groups (broad SMARTS) is 1. The van der Waals surface area contributed by atoms with Crippen molar-refractivity contribution in [2.45, 2.75) is 27.2 Å². The number of amides is 1. The molecular formula is C10H17NO3. The third-order valence-electron chi connectivity index (χ3n) is 2.79. The van der Waals surface area contributed by atoms with Crippen LogP contribution >= 0.6 is 0 Å². The van der Waals surface area contributed by atoms with Crippen LogP contribution in [0.5, 0.6) is 0 Å². The van der Waals surface area contributed by atoms with Crippen LogP contribution in [0, 0.1) is 11.3 Å². The summed E-state index contributed by atoms with van der Waals surface area (Å²) in [4.78, 5) is 24.0. The Balaban J connectivity index is 2.57. The van der Waals surface area contributed by atoms with Gasteiger partial charge in [0.15, 0.2) is 0 Å². The maximum atomic E-state index is 11.7. The van der Waals surface area contributed by atoms with E-state index in [1.165, 1.54) is 0 Å². The predicted molar refractivity (Wildman–Crippen MR) is 51.8 cm³/mol. The van der Waals surface area contributed by atoms with E-state index < -0.39 is 11.9 Å². The van der Waals surface area contributed by atoms with E-state index in [2.05, 4.69) is 0 Å². The molecule has 1 N–H and O–H groups in total. The van der Waals surface area contributed by atoms with Crippen molar-refractivity contribution in [3.8, 4) is 0 Å². The van der Waals surface area contributed by atoms with Crippen molar-refractivity contribution in [1.82, 2.24) is 4.90 Å². The van der Waals surface area contributed by atoms with Crippen LogP contribution in [-0.2, 0) is 9.59 Å². The summed E-state index contributed by atoms with van der Waals surface area (Å²) in [6.07, 6.45) is 0.818. The van der Waals surface area contributed by atoms with Gasteiger partial charge >= 0.3 is 5.97 Å². The van der Waals surface area contributed by atoms with E-state index in [4.69, 9.17) is 5.11 Å². The molecule has 1 heterocycles. The summed E-state index contributed by atoms with van der Waals surface area (Å²) in [6, 6.07) is 0. The largest absolute Gasteiger partial charge is 0.481 e.